The number of aliphatic hydroxyl groups excluding tert-OH is 1. The van der Waals surface area contributed by atoms with Gasteiger partial charge in [-0.25, -0.2) is 9.78 Å². The first-order chi connectivity index (χ1) is 9.90. The van der Waals surface area contributed by atoms with Crippen molar-refractivity contribution in [2.75, 3.05) is 13.1 Å². The van der Waals surface area contributed by atoms with Crippen LogP contribution in [0.1, 0.15) is 50.7 Å². The molecule has 0 aliphatic rings. The summed E-state index contributed by atoms with van der Waals surface area (Å²) in [5, 5.41) is 18.4. The molecular formula is C15H27N3O2S. The van der Waals surface area contributed by atoms with Gasteiger partial charge in [-0.05, 0) is 12.3 Å². The molecule has 1 heterocycles. The number of carbonyl (C=O) groups is 1. The van der Waals surface area contributed by atoms with Gasteiger partial charge in [-0.2, -0.15) is 0 Å². The maximum Gasteiger partial charge on any atom is 0.314 e. The highest BCUT2D eigenvalue weighted by Crippen LogP contribution is 2.19. The fraction of sp³-hybridized carbons (Fsp3) is 0.733. The monoisotopic (exact) mass is 313 g/mol. The predicted octanol–water partition coefficient (Wildman–Crippen LogP) is 2.52. The highest BCUT2D eigenvalue weighted by molar-refractivity contribution is 7.09. The Morgan fingerprint density at radius 3 is 2.52 bits per heavy atom. The Balaban J connectivity index is 2.15. The molecule has 5 nitrogen and oxygen atoms in total. The van der Waals surface area contributed by atoms with Crippen LogP contribution in [0.15, 0.2) is 5.38 Å². The Labute approximate surface area is 131 Å². The summed E-state index contributed by atoms with van der Waals surface area (Å²) < 4.78 is 0. The zero-order valence-electron chi connectivity index (χ0n) is 13.3. The average Bonchev–Trinajstić information content (AvgIpc) is 2.87. The number of aliphatic hydroxyl groups is 1. The molecule has 1 atom stereocenters. The second-order valence-corrected chi connectivity index (χ2v) is 6.75. The van der Waals surface area contributed by atoms with Gasteiger partial charge in [0.05, 0.1) is 16.8 Å². The summed E-state index contributed by atoms with van der Waals surface area (Å²) in [6.07, 6.45) is 0.954. The minimum atomic E-state index is -0.366. The maximum atomic E-state index is 11.6. The molecule has 0 saturated carbocycles. The van der Waals surface area contributed by atoms with Crippen LogP contribution < -0.4 is 10.6 Å². The van der Waals surface area contributed by atoms with Gasteiger partial charge >= 0.3 is 6.03 Å². The molecule has 0 radical (unpaired) electrons. The van der Waals surface area contributed by atoms with Crippen molar-refractivity contribution in [2.24, 2.45) is 5.92 Å². The normalized spacial score (nSPS) is 12.7. The summed E-state index contributed by atoms with van der Waals surface area (Å²) in [7, 11) is 0. The molecule has 0 spiro atoms. The topological polar surface area (TPSA) is 74.2 Å². The number of hydrogen-bond donors (Lipinski definition) is 3. The van der Waals surface area contributed by atoms with Gasteiger partial charge in [0.2, 0.25) is 0 Å². The van der Waals surface area contributed by atoms with Crippen molar-refractivity contribution in [1.82, 2.24) is 15.6 Å². The van der Waals surface area contributed by atoms with Gasteiger partial charge in [-0.3, -0.25) is 0 Å². The fourth-order valence-corrected chi connectivity index (χ4v) is 2.61. The van der Waals surface area contributed by atoms with Crippen molar-refractivity contribution < 1.29 is 9.90 Å². The molecular weight excluding hydrogens is 286 g/mol. The first-order valence-electron chi connectivity index (χ1n) is 7.54. The van der Waals surface area contributed by atoms with E-state index in [0.717, 1.165) is 17.1 Å². The number of thiazole rings is 1. The van der Waals surface area contributed by atoms with Crippen molar-refractivity contribution >= 4 is 17.4 Å². The van der Waals surface area contributed by atoms with Gasteiger partial charge in [0, 0.05) is 30.8 Å². The van der Waals surface area contributed by atoms with E-state index < -0.39 is 0 Å². The molecule has 0 aliphatic carbocycles. The van der Waals surface area contributed by atoms with E-state index in [4.69, 9.17) is 0 Å². The van der Waals surface area contributed by atoms with Gasteiger partial charge in [-0.15, -0.1) is 11.3 Å². The molecule has 0 aliphatic heterocycles. The summed E-state index contributed by atoms with van der Waals surface area (Å²) >= 11 is 1.67. The van der Waals surface area contributed by atoms with Crippen LogP contribution >= 0.6 is 11.3 Å². The van der Waals surface area contributed by atoms with Crippen LogP contribution in [0, 0.1) is 5.92 Å². The molecule has 3 N–H and O–H groups in total. The third-order valence-electron chi connectivity index (χ3n) is 3.23. The van der Waals surface area contributed by atoms with Crippen LogP contribution in [0.5, 0.6) is 0 Å². The van der Waals surface area contributed by atoms with E-state index in [0.29, 0.717) is 25.4 Å². The van der Waals surface area contributed by atoms with E-state index in [9.17, 15) is 9.90 Å². The van der Waals surface area contributed by atoms with Crippen LogP contribution in [0.4, 0.5) is 4.79 Å². The first-order valence-corrected chi connectivity index (χ1v) is 8.42. The van der Waals surface area contributed by atoms with Crippen LogP contribution in [-0.4, -0.2) is 35.3 Å². The standard InChI is InChI=1S/C15H27N3O2S/c1-10(2)13(19)6-8-17-15(20)16-7-5-12-9-21-14(18-12)11(3)4/h9-11,13,19H,5-8H2,1-4H3,(H2,16,17,20). The molecule has 1 rings (SSSR count). The zero-order chi connectivity index (χ0) is 15.8. The molecule has 1 unspecified atom stereocenters. The number of urea groups is 1. The molecule has 0 aromatic carbocycles. The van der Waals surface area contributed by atoms with Gasteiger partial charge in [0.1, 0.15) is 0 Å². The first kappa shape index (κ1) is 17.9. The lowest BCUT2D eigenvalue weighted by Crippen LogP contribution is -2.38. The summed E-state index contributed by atoms with van der Waals surface area (Å²) in [5.41, 5.74) is 1.03. The van der Waals surface area contributed by atoms with Crippen LogP contribution in [0.25, 0.3) is 0 Å². The van der Waals surface area contributed by atoms with E-state index >= 15 is 0 Å². The number of hydrogen-bond acceptors (Lipinski definition) is 4. The van der Waals surface area contributed by atoms with Gasteiger partial charge in [-0.1, -0.05) is 27.7 Å². The molecule has 2 amide bonds. The quantitative estimate of drug-likeness (QED) is 0.690. The Kier molecular flexibility index (Phi) is 7.67. The second-order valence-electron chi connectivity index (χ2n) is 5.86. The number of rotatable bonds is 8. The smallest absolute Gasteiger partial charge is 0.314 e. The molecule has 0 bridgehead atoms. The van der Waals surface area contributed by atoms with E-state index in [-0.39, 0.29) is 18.1 Å². The van der Waals surface area contributed by atoms with E-state index in [1.165, 1.54) is 0 Å². The SMILES string of the molecule is CC(C)c1nc(CCNC(=O)NCCC(O)C(C)C)cs1. The summed E-state index contributed by atoms with van der Waals surface area (Å²) in [6.45, 7) is 9.23. The molecule has 0 fully saturated rings. The Morgan fingerprint density at radius 1 is 1.29 bits per heavy atom. The predicted molar refractivity (Wildman–Crippen MR) is 86.8 cm³/mol. The van der Waals surface area contributed by atoms with Crippen LogP contribution in [0.3, 0.4) is 0 Å². The molecule has 1 aromatic rings. The maximum absolute atomic E-state index is 11.6. The van der Waals surface area contributed by atoms with Gasteiger partial charge < -0.3 is 15.7 Å². The van der Waals surface area contributed by atoms with Gasteiger partial charge in [0.25, 0.3) is 0 Å². The van der Waals surface area contributed by atoms with E-state index in [1.54, 1.807) is 11.3 Å². The lowest BCUT2D eigenvalue weighted by Gasteiger charge is -2.14. The minimum absolute atomic E-state index is 0.190. The van der Waals surface area contributed by atoms with Crippen molar-refractivity contribution in [2.45, 2.75) is 52.6 Å². The summed E-state index contributed by atoms with van der Waals surface area (Å²) in [6, 6.07) is -0.190. The number of amides is 2. The number of nitrogens with one attached hydrogen (secondary N) is 2. The minimum Gasteiger partial charge on any atom is -0.393 e. The third-order valence-corrected chi connectivity index (χ3v) is 4.42. The van der Waals surface area contributed by atoms with Gasteiger partial charge in [0.15, 0.2) is 0 Å². The zero-order valence-corrected chi connectivity index (χ0v) is 14.2. The van der Waals surface area contributed by atoms with Crippen molar-refractivity contribution in [3.63, 3.8) is 0 Å². The Bertz CT molecular complexity index is 432. The molecule has 0 saturated heterocycles. The van der Waals surface area contributed by atoms with Crippen molar-refractivity contribution in [3.05, 3.63) is 16.1 Å². The lowest BCUT2D eigenvalue weighted by molar-refractivity contribution is 0.116. The van der Waals surface area contributed by atoms with Crippen molar-refractivity contribution in [1.29, 1.82) is 0 Å². The Hall–Kier alpha value is -1.14. The number of nitrogens with zero attached hydrogens (tertiary/aromatic N) is 1. The number of carbonyl (C=O) groups excluding carboxylic acids is 1. The van der Waals surface area contributed by atoms with Crippen LogP contribution in [0.2, 0.25) is 0 Å². The van der Waals surface area contributed by atoms with Crippen molar-refractivity contribution in [3.8, 4) is 0 Å². The fourth-order valence-electron chi connectivity index (χ4n) is 1.74. The lowest BCUT2D eigenvalue weighted by atomic mass is 10.0. The van der Waals surface area contributed by atoms with E-state index in [2.05, 4.69) is 29.5 Å². The second kappa shape index (κ2) is 9.00. The van der Waals surface area contributed by atoms with E-state index in [1.807, 2.05) is 19.2 Å². The molecule has 21 heavy (non-hydrogen) atoms. The highest BCUT2D eigenvalue weighted by atomic mass is 32.1. The average molecular weight is 313 g/mol. The molecule has 120 valence electrons. The highest BCUT2D eigenvalue weighted by Gasteiger charge is 2.09. The molecule has 6 heteroatoms. The number of aromatic nitrogens is 1. The largest absolute Gasteiger partial charge is 0.393 e. The third kappa shape index (κ3) is 6.91. The Morgan fingerprint density at radius 2 is 1.95 bits per heavy atom. The summed E-state index contributed by atoms with van der Waals surface area (Å²) in [5.74, 6) is 0.669. The summed E-state index contributed by atoms with van der Waals surface area (Å²) in [4.78, 5) is 16.1. The van der Waals surface area contributed by atoms with Crippen LogP contribution in [-0.2, 0) is 6.42 Å². The molecule has 1 aromatic heterocycles.